The van der Waals surface area contributed by atoms with Crippen molar-refractivity contribution in [1.82, 2.24) is 65.4 Å². The van der Waals surface area contributed by atoms with Crippen LogP contribution in [0, 0.1) is 23.7 Å². The maximum atomic E-state index is 15.7. The van der Waals surface area contributed by atoms with E-state index in [0.29, 0.717) is 29.8 Å². The Morgan fingerprint density at radius 2 is 1.06 bits per heavy atom. The van der Waals surface area contributed by atoms with Crippen LogP contribution in [-0.4, -0.2) is 281 Å². The van der Waals surface area contributed by atoms with Crippen molar-refractivity contribution in [3.05, 3.63) is 108 Å². The lowest BCUT2D eigenvalue weighted by atomic mass is 9.92. The molecule has 588 valence electrons. The Bertz CT molecular complexity index is 3570. The SMILES string of the molecule is CC(C)C[C@H]1C(=O)N(C)[C@@H](C(C)C)C(=O)N(C)[C@@H](C)C(=O)N[C@H](C(=O)N(C)[C@@H](Cc2ccccc2)C(=O)N(C)[C@@H](Cc2ccccc2)C(=O)C[C@@H](C)C(=O)N2CCCCC2)CC(=O)N(C)CCC(=O)N(C)CC(=O)N[C@@H]([C@@H](C)O)C(=O)N[C@@H](Cc2ccccc2)C(=O)N(C)[C@@H](C(C)C)C(=O)N[C@@H](C)C(=O)N1C. The molecule has 2 heterocycles. The van der Waals surface area contributed by atoms with Gasteiger partial charge in [-0.05, 0) is 87.3 Å². The highest BCUT2D eigenvalue weighted by Gasteiger charge is 2.44. The minimum Gasteiger partial charge on any atom is -0.391 e. The van der Waals surface area contributed by atoms with Gasteiger partial charge >= 0.3 is 0 Å². The van der Waals surface area contributed by atoms with Gasteiger partial charge in [0.15, 0.2) is 5.78 Å². The summed E-state index contributed by atoms with van der Waals surface area (Å²) in [6.07, 6.45) is -0.362. The van der Waals surface area contributed by atoms with E-state index in [0.717, 1.165) is 43.8 Å². The number of nitrogens with one attached hydrogen (secondary N) is 4. The Hall–Kier alpha value is -9.60. The average molecular weight is 1490 g/mol. The van der Waals surface area contributed by atoms with Crippen molar-refractivity contribution in [3.8, 4) is 0 Å². The highest BCUT2D eigenvalue weighted by Crippen LogP contribution is 2.25. The summed E-state index contributed by atoms with van der Waals surface area (Å²) in [6, 6.07) is 12.5. The third kappa shape index (κ3) is 24.5. The highest BCUT2D eigenvalue weighted by molar-refractivity contribution is 6.01. The first-order chi connectivity index (χ1) is 50.3. The molecular weight excluding hydrogens is 1370 g/mol. The molecule has 2 aliphatic heterocycles. The van der Waals surface area contributed by atoms with Crippen molar-refractivity contribution < 1.29 is 72.2 Å². The van der Waals surface area contributed by atoms with E-state index >= 15 is 24.0 Å². The predicted molar refractivity (Wildman–Crippen MR) is 403 cm³/mol. The van der Waals surface area contributed by atoms with Crippen molar-refractivity contribution in [1.29, 1.82) is 0 Å². The Kier molecular flexibility index (Phi) is 33.7. The smallest absolute Gasteiger partial charge is 0.246 e. The van der Waals surface area contributed by atoms with E-state index in [1.54, 1.807) is 112 Å². The van der Waals surface area contributed by atoms with E-state index in [2.05, 4.69) is 21.3 Å². The maximum absolute atomic E-state index is 15.7. The summed E-state index contributed by atoms with van der Waals surface area (Å²) >= 11 is 0. The summed E-state index contributed by atoms with van der Waals surface area (Å²) in [4.78, 5) is 217. The lowest BCUT2D eigenvalue weighted by molar-refractivity contribution is -0.154. The molecule has 107 heavy (non-hydrogen) atoms. The zero-order valence-electron chi connectivity index (χ0n) is 65.9. The van der Waals surface area contributed by atoms with Gasteiger partial charge in [-0.3, -0.25) is 67.1 Å². The molecule has 0 unspecified atom stereocenters. The summed E-state index contributed by atoms with van der Waals surface area (Å²) in [5.74, 6) is -12.2. The first kappa shape index (κ1) is 88.0. The van der Waals surface area contributed by atoms with Gasteiger partial charge in [0.25, 0.3) is 0 Å². The molecule has 3 aromatic carbocycles. The number of benzene rings is 3. The summed E-state index contributed by atoms with van der Waals surface area (Å²) in [5.41, 5.74) is 1.91. The first-order valence-electron chi connectivity index (χ1n) is 37.2. The molecule has 28 nitrogen and oxygen atoms in total. The number of amides is 13. The van der Waals surface area contributed by atoms with Crippen molar-refractivity contribution >= 4 is 82.6 Å². The molecular formula is C79H117N13O15. The van der Waals surface area contributed by atoms with Crippen LogP contribution in [-0.2, 0) is 86.4 Å². The fourth-order valence-electron chi connectivity index (χ4n) is 13.8. The number of hydrogen-bond acceptors (Lipinski definition) is 15. The molecule has 3 aromatic rings. The van der Waals surface area contributed by atoms with Crippen LogP contribution in [0.15, 0.2) is 91.0 Å². The van der Waals surface area contributed by atoms with Gasteiger partial charge in [0.2, 0.25) is 76.8 Å². The molecule has 28 heteroatoms. The molecule has 0 spiro atoms. The van der Waals surface area contributed by atoms with Crippen LogP contribution in [0.25, 0.3) is 0 Å². The standard InChI is InChI=1S/C79H117N13O15/c1-48(2)41-61-78(106)91(18)69(50(5)6)79(107)86(13)53(9)70(98)81-59(75(103)89(16)62(45-57-35-27-21-28-36-57)77(105)87(14)60(44-56-33-25-20-26-34-56)63(94)42-51(7)73(101)92-38-29-22-30-39-92)46-66(97)84(11)40-37-65(96)85(12)47-64(95)83-67(54(10)93)71(99)82-58(43-55-31-23-19-24-32-55)76(104)90(17)68(49(3)4)72(100)80-52(8)74(102)88(61)15/h19-21,23-28,31-36,48-54,58-62,67-69,93H,22,29-30,37-47H2,1-18H3,(H,80,100)(H,81,98)(H,82,99)(H,83,95)/t51-,52+,53+,54-,58+,59+,60+,61+,62+,67+,68+,69+/m1/s1. The molecule has 13 amide bonds. The molecule has 5 N–H and O–H groups in total. The van der Waals surface area contributed by atoms with Crippen molar-refractivity contribution in [2.45, 2.75) is 200 Å². The zero-order valence-corrected chi connectivity index (χ0v) is 65.9. The molecule has 0 aliphatic carbocycles. The van der Waals surface area contributed by atoms with Crippen molar-refractivity contribution in [2.75, 3.05) is 82.6 Å². The third-order valence-corrected chi connectivity index (χ3v) is 20.4. The number of rotatable bonds is 19. The van der Waals surface area contributed by atoms with Gasteiger partial charge in [0, 0.05) is 108 Å². The number of carbonyl (C=O) groups is 14. The quantitative estimate of drug-likeness (QED) is 0.115. The normalized spacial score (nSPS) is 23.2. The molecule has 5 rings (SSSR count). The topological polar surface area (TPSA) is 336 Å². The Morgan fingerprint density at radius 3 is 1.58 bits per heavy atom. The number of Topliss-reactive ketones (excluding diaryl/α,β-unsaturated/α-hetero) is 1. The highest BCUT2D eigenvalue weighted by atomic mass is 16.3. The number of ketones is 1. The van der Waals surface area contributed by atoms with Crippen molar-refractivity contribution in [2.24, 2.45) is 23.7 Å². The second-order valence-electron chi connectivity index (χ2n) is 30.1. The van der Waals surface area contributed by atoms with E-state index < -0.39 is 180 Å². The minimum absolute atomic E-state index is 0.0498. The van der Waals surface area contributed by atoms with Crippen LogP contribution in [0.4, 0.5) is 0 Å². The third-order valence-electron chi connectivity index (χ3n) is 20.4. The summed E-state index contributed by atoms with van der Waals surface area (Å²) in [7, 11) is 10.9. The molecule has 2 fully saturated rings. The molecule has 0 bridgehead atoms. The van der Waals surface area contributed by atoms with Crippen LogP contribution < -0.4 is 21.3 Å². The van der Waals surface area contributed by atoms with Crippen LogP contribution in [0.3, 0.4) is 0 Å². The molecule has 0 radical (unpaired) electrons. The lowest BCUT2D eigenvalue weighted by Crippen LogP contribution is -2.62. The van der Waals surface area contributed by atoms with Crippen molar-refractivity contribution in [3.63, 3.8) is 0 Å². The Labute approximate surface area is 631 Å². The summed E-state index contributed by atoms with van der Waals surface area (Å²) < 4.78 is 0. The summed E-state index contributed by atoms with van der Waals surface area (Å²) in [5, 5.41) is 21.6. The minimum atomic E-state index is -1.80. The van der Waals surface area contributed by atoms with Gasteiger partial charge in [-0.25, -0.2) is 0 Å². The van der Waals surface area contributed by atoms with E-state index in [4.69, 9.17) is 0 Å². The van der Waals surface area contributed by atoms with E-state index in [1.165, 1.54) is 91.9 Å². The second kappa shape index (κ2) is 40.9. The molecule has 0 saturated carbocycles. The number of likely N-dealkylation sites (tertiary alicyclic amines) is 1. The van der Waals surface area contributed by atoms with Gasteiger partial charge in [-0.2, -0.15) is 0 Å². The van der Waals surface area contributed by atoms with E-state index in [-0.39, 0.29) is 50.5 Å². The zero-order chi connectivity index (χ0) is 80.0. The van der Waals surface area contributed by atoms with Crippen LogP contribution in [0.5, 0.6) is 0 Å². The molecule has 2 saturated heterocycles. The summed E-state index contributed by atoms with van der Waals surface area (Å²) in [6.45, 7) is 16.3. The number of piperidine rings is 1. The fraction of sp³-hybridized carbons (Fsp3) is 0.595. The average Bonchev–Trinajstić information content (AvgIpc) is 0.806. The number of likely N-dealkylation sites (N-methyl/N-ethyl adjacent to an activating group) is 7. The number of carbonyl (C=O) groups excluding carboxylic acids is 14. The molecule has 2 aliphatic rings. The Morgan fingerprint density at radius 1 is 0.533 bits per heavy atom. The first-order valence-corrected chi connectivity index (χ1v) is 37.2. The van der Waals surface area contributed by atoms with Gasteiger partial charge < -0.3 is 70.5 Å². The monoisotopic (exact) mass is 1490 g/mol. The predicted octanol–water partition coefficient (Wildman–Crippen LogP) is 2.71. The lowest BCUT2D eigenvalue weighted by Gasteiger charge is -2.39. The fourth-order valence-corrected chi connectivity index (χ4v) is 13.8. The number of hydrogen-bond donors (Lipinski definition) is 5. The molecule has 0 aromatic heterocycles. The second-order valence-corrected chi connectivity index (χ2v) is 30.1. The number of aliphatic hydroxyl groups excluding tert-OH is 1. The van der Waals surface area contributed by atoms with Crippen LogP contribution in [0.1, 0.15) is 131 Å². The molecule has 12 atom stereocenters. The van der Waals surface area contributed by atoms with E-state index in [1.807, 2.05) is 32.0 Å². The Balaban J connectivity index is 1.59. The van der Waals surface area contributed by atoms with Crippen LogP contribution >= 0.6 is 0 Å². The van der Waals surface area contributed by atoms with Gasteiger partial charge in [-0.1, -0.05) is 139 Å². The van der Waals surface area contributed by atoms with Crippen LogP contribution in [0.2, 0.25) is 0 Å². The maximum Gasteiger partial charge on any atom is 0.246 e. The number of nitrogens with zero attached hydrogens (tertiary/aromatic N) is 9. The van der Waals surface area contributed by atoms with Gasteiger partial charge in [-0.15, -0.1) is 0 Å². The van der Waals surface area contributed by atoms with Gasteiger partial charge in [0.1, 0.15) is 54.4 Å². The largest absolute Gasteiger partial charge is 0.391 e. The number of aliphatic hydroxyl groups is 1. The van der Waals surface area contributed by atoms with E-state index in [9.17, 15) is 48.3 Å². The van der Waals surface area contributed by atoms with Gasteiger partial charge in [0.05, 0.1) is 25.1 Å².